The smallest absolute Gasteiger partial charge is 0.339 e. The molecule has 6 atom stereocenters. The second-order valence-electron chi connectivity index (χ2n) is 13.7. The van der Waals surface area contributed by atoms with Crippen LogP contribution in [0.1, 0.15) is 61.9 Å². The van der Waals surface area contributed by atoms with Crippen molar-refractivity contribution in [1.29, 1.82) is 0 Å². The van der Waals surface area contributed by atoms with E-state index in [4.69, 9.17) is 4.74 Å². The average molecular weight is 647 g/mol. The Morgan fingerprint density at radius 1 is 1.15 bits per heavy atom. The number of carbonyl (C=O) groups excluding carboxylic acids is 3. The number of Topliss-reactive ketones (excluding diaryl/α,β-unsaturated/α-hetero) is 1. The standard InChI is InChI=1S/C35H38N2O8S/c1-33(13-12-26(39)36-28-23(38)10-9-22(29(28)41)32(43)44)30-24-15-20-16-35(30,18-34(20,2)45-24)17-25(31(33)42)46-21-7-5-6-19(14-21)8-11-27(40)37(3)4/h5-11,14,17,20,24,30,38,41H,12-13,15-16,18H2,1-4H3,(H,36,39)(H,43,44)/b11-8+/t20-,24+,30+,33+,34+,35-/m1/s1. The molecule has 7 rings (SSSR count). The van der Waals surface area contributed by atoms with Crippen LogP contribution < -0.4 is 5.32 Å². The lowest BCUT2D eigenvalue weighted by Crippen LogP contribution is -2.57. The molecule has 3 aliphatic carbocycles. The Morgan fingerprint density at radius 2 is 1.91 bits per heavy atom. The van der Waals surface area contributed by atoms with Crippen LogP contribution in [0.3, 0.4) is 0 Å². The van der Waals surface area contributed by atoms with Crippen LogP contribution in [0.5, 0.6) is 11.5 Å². The summed E-state index contributed by atoms with van der Waals surface area (Å²) in [5, 5.41) is 32.5. The SMILES string of the molecule is CN(C)C(=O)/C=C/c1cccc(SC2=C[C@]34C[C@H]5C[C@H](O[C@@]5(C)C3)[C@H]4[C@](C)(CCC(=O)Nc3c(O)ccc(C(=O)O)c3O)C2=O)c1. The Kier molecular flexibility index (Phi) is 7.84. The van der Waals surface area contributed by atoms with E-state index >= 15 is 0 Å². The lowest BCUT2D eigenvalue weighted by Gasteiger charge is -2.56. The number of anilines is 1. The van der Waals surface area contributed by atoms with Gasteiger partial charge in [0.2, 0.25) is 11.8 Å². The first kappa shape index (κ1) is 31.9. The number of carboxylic acid groups (broad SMARTS) is 1. The van der Waals surface area contributed by atoms with Gasteiger partial charge >= 0.3 is 5.97 Å². The topological polar surface area (TPSA) is 153 Å². The van der Waals surface area contributed by atoms with Crippen LogP contribution in [0.15, 0.2) is 58.4 Å². The van der Waals surface area contributed by atoms with Crippen molar-refractivity contribution in [2.75, 3.05) is 19.4 Å². The van der Waals surface area contributed by atoms with Gasteiger partial charge in [0.05, 0.1) is 16.6 Å². The highest BCUT2D eigenvalue weighted by Gasteiger charge is 2.72. The first-order valence-electron chi connectivity index (χ1n) is 15.4. The molecule has 0 radical (unpaired) electrons. The highest BCUT2D eigenvalue weighted by atomic mass is 32.2. The van der Waals surface area contributed by atoms with Gasteiger partial charge in [-0.15, -0.1) is 0 Å². The molecule has 10 nitrogen and oxygen atoms in total. The van der Waals surface area contributed by atoms with E-state index in [2.05, 4.69) is 18.3 Å². The molecule has 11 heteroatoms. The van der Waals surface area contributed by atoms with Gasteiger partial charge in [0, 0.05) is 42.8 Å². The Morgan fingerprint density at radius 3 is 2.61 bits per heavy atom. The predicted molar refractivity (Wildman–Crippen MR) is 172 cm³/mol. The van der Waals surface area contributed by atoms with E-state index in [1.165, 1.54) is 22.7 Å². The zero-order valence-corrected chi connectivity index (χ0v) is 27.0. The minimum Gasteiger partial charge on any atom is -0.506 e. The summed E-state index contributed by atoms with van der Waals surface area (Å²) in [4.78, 5) is 54.3. The van der Waals surface area contributed by atoms with Gasteiger partial charge in [0.25, 0.3) is 0 Å². The number of hydrogen-bond acceptors (Lipinski definition) is 8. The number of ether oxygens (including phenoxy) is 1. The Bertz CT molecular complexity index is 1720. The normalized spacial score (nSPS) is 30.7. The van der Waals surface area contributed by atoms with E-state index in [1.807, 2.05) is 31.2 Å². The van der Waals surface area contributed by atoms with Crippen LogP contribution in [0.4, 0.5) is 5.69 Å². The molecule has 2 aliphatic heterocycles. The summed E-state index contributed by atoms with van der Waals surface area (Å²) in [5.41, 5.74) is -1.46. The molecule has 242 valence electrons. The molecule has 0 aromatic heterocycles. The molecule has 4 N–H and O–H groups in total. The lowest BCUT2D eigenvalue weighted by molar-refractivity contribution is -0.169. The van der Waals surface area contributed by atoms with Crippen molar-refractivity contribution < 1.29 is 39.2 Å². The van der Waals surface area contributed by atoms with Crippen LogP contribution in [-0.4, -0.2) is 69.6 Å². The molecule has 2 aromatic rings. The number of aromatic hydroxyl groups is 2. The summed E-state index contributed by atoms with van der Waals surface area (Å²) < 4.78 is 6.60. The number of likely N-dealkylation sites (N-methyl/N-ethyl adjacent to an activating group) is 1. The second-order valence-corrected chi connectivity index (χ2v) is 14.8. The average Bonchev–Trinajstić information content (AvgIpc) is 3.36. The van der Waals surface area contributed by atoms with Gasteiger partial charge in [0.15, 0.2) is 11.5 Å². The molecule has 46 heavy (non-hydrogen) atoms. The number of thioether (sulfide) groups is 1. The summed E-state index contributed by atoms with van der Waals surface area (Å²) >= 11 is 1.40. The molecule has 2 aromatic carbocycles. The Hall–Kier alpha value is -4.09. The maximum atomic E-state index is 14.5. The third kappa shape index (κ3) is 5.29. The number of phenols is 2. The molecule has 4 fully saturated rings. The van der Waals surface area contributed by atoms with Crippen LogP contribution in [0.2, 0.25) is 0 Å². The first-order valence-corrected chi connectivity index (χ1v) is 16.2. The number of rotatable bonds is 9. The quantitative estimate of drug-likeness (QED) is 0.206. The highest BCUT2D eigenvalue weighted by molar-refractivity contribution is 8.04. The summed E-state index contributed by atoms with van der Waals surface area (Å²) in [7, 11) is 3.37. The van der Waals surface area contributed by atoms with E-state index in [1.54, 1.807) is 20.2 Å². The predicted octanol–water partition coefficient (Wildman–Crippen LogP) is 5.46. The number of carboxylic acids is 1. The van der Waals surface area contributed by atoms with E-state index in [0.717, 1.165) is 41.9 Å². The number of allylic oxidation sites excluding steroid dienone is 2. The summed E-state index contributed by atoms with van der Waals surface area (Å²) in [6, 6.07) is 9.81. The minimum atomic E-state index is -1.40. The van der Waals surface area contributed by atoms with Gasteiger partial charge in [-0.1, -0.05) is 36.9 Å². The first-order chi connectivity index (χ1) is 21.7. The molecule has 1 spiro atoms. The van der Waals surface area contributed by atoms with Crippen molar-refractivity contribution >= 4 is 47.1 Å². The number of amides is 2. The summed E-state index contributed by atoms with van der Waals surface area (Å²) in [6.45, 7) is 4.09. The molecule has 2 saturated carbocycles. The molecular weight excluding hydrogens is 608 g/mol. The number of phenolic OH excluding ortho intramolecular Hbond substituents is 1. The number of aromatic carboxylic acids is 1. The van der Waals surface area contributed by atoms with Crippen molar-refractivity contribution in [3.05, 3.63) is 64.6 Å². The van der Waals surface area contributed by atoms with Crippen molar-refractivity contribution in [3.63, 3.8) is 0 Å². The Labute approximate surface area is 271 Å². The largest absolute Gasteiger partial charge is 0.506 e. The number of ketones is 1. The fraction of sp³-hybridized carbons (Fsp3) is 0.429. The fourth-order valence-corrected chi connectivity index (χ4v) is 9.63. The van der Waals surface area contributed by atoms with Crippen LogP contribution >= 0.6 is 11.8 Å². The fourth-order valence-electron chi connectivity index (χ4n) is 8.42. The Balaban J connectivity index is 1.28. The van der Waals surface area contributed by atoms with Gasteiger partial charge in [-0.2, -0.15) is 0 Å². The van der Waals surface area contributed by atoms with Crippen LogP contribution in [0.25, 0.3) is 6.08 Å². The van der Waals surface area contributed by atoms with Crippen molar-refractivity contribution in [1.82, 2.24) is 4.90 Å². The molecule has 2 heterocycles. The molecule has 2 amide bonds. The third-order valence-corrected chi connectivity index (χ3v) is 11.4. The lowest BCUT2D eigenvalue weighted by atomic mass is 9.51. The monoisotopic (exact) mass is 646 g/mol. The molecule has 2 saturated heterocycles. The summed E-state index contributed by atoms with van der Waals surface area (Å²) in [5.74, 6) is -3.10. The molecule has 4 bridgehead atoms. The zero-order valence-electron chi connectivity index (χ0n) is 26.2. The minimum absolute atomic E-state index is 0.0641. The van der Waals surface area contributed by atoms with Gasteiger partial charge in [-0.3, -0.25) is 14.4 Å². The maximum absolute atomic E-state index is 14.5. The van der Waals surface area contributed by atoms with Gasteiger partial charge < -0.3 is 30.3 Å². The van der Waals surface area contributed by atoms with E-state index in [0.29, 0.717) is 10.8 Å². The van der Waals surface area contributed by atoms with E-state index in [9.17, 15) is 34.5 Å². The van der Waals surface area contributed by atoms with E-state index in [-0.39, 0.29) is 53.3 Å². The third-order valence-electron chi connectivity index (χ3n) is 10.4. The van der Waals surface area contributed by atoms with Gasteiger partial charge in [-0.25, -0.2) is 4.79 Å². The molecule has 0 unspecified atom stereocenters. The maximum Gasteiger partial charge on any atom is 0.339 e. The molecule has 5 aliphatic rings. The van der Waals surface area contributed by atoms with Crippen LogP contribution in [-0.2, 0) is 19.1 Å². The zero-order chi connectivity index (χ0) is 33.2. The van der Waals surface area contributed by atoms with Crippen LogP contribution in [0, 0.1) is 22.7 Å². The summed E-state index contributed by atoms with van der Waals surface area (Å²) in [6.07, 6.45) is 7.98. The number of benzene rings is 2. The molecular formula is C35H38N2O8S. The van der Waals surface area contributed by atoms with E-state index < -0.39 is 34.4 Å². The van der Waals surface area contributed by atoms with Gasteiger partial charge in [-0.05, 0) is 79.8 Å². The van der Waals surface area contributed by atoms with Gasteiger partial charge in [0.1, 0.15) is 17.0 Å². The van der Waals surface area contributed by atoms with Crippen molar-refractivity contribution in [2.45, 2.75) is 62.6 Å². The number of nitrogens with one attached hydrogen (secondary N) is 1. The van der Waals surface area contributed by atoms with Crippen molar-refractivity contribution in [3.8, 4) is 11.5 Å². The van der Waals surface area contributed by atoms with Crippen molar-refractivity contribution in [2.24, 2.45) is 22.7 Å². The second kappa shape index (κ2) is 11.3. The number of nitrogens with zero attached hydrogens (tertiary/aromatic N) is 1. The number of hydrogen-bond donors (Lipinski definition) is 4. The highest BCUT2D eigenvalue weighted by Crippen LogP contribution is 2.72. The number of carbonyl (C=O) groups is 4.